The smallest absolute Gasteiger partial charge is 0.329 e. The van der Waals surface area contributed by atoms with Crippen LogP contribution in [0.3, 0.4) is 0 Å². The van der Waals surface area contributed by atoms with Crippen molar-refractivity contribution in [2.24, 2.45) is 0 Å². The Morgan fingerprint density at radius 3 is 2.20 bits per heavy atom. The summed E-state index contributed by atoms with van der Waals surface area (Å²) >= 11 is 0. The molecule has 0 aliphatic rings. The van der Waals surface area contributed by atoms with Gasteiger partial charge in [0.2, 0.25) is 5.91 Å². The average Bonchev–Trinajstić information content (AvgIpc) is 2.89. The predicted octanol–water partition coefficient (Wildman–Crippen LogP) is 2.87. The first-order chi connectivity index (χ1) is 12.1. The van der Waals surface area contributed by atoms with Crippen LogP contribution < -0.4 is 5.69 Å². The maximum absolute atomic E-state index is 12.7. The highest BCUT2D eigenvalue weighted by atomic mass is 16.2. The molecule has 1 heterocycles. The molecule has 0 N–H and O–H groups in total. The zero-order valence-electron chi connectivity index (χ0n) is 14.7. The van der Waals surface area contributed by atoms with Gasteiger partial charge in [0, 0.05) is 20.1 Å². The van der Waals surface area contributed by atoms with Crippen molar-refractivity contribution in [1.29, 1.82) is 0 Å². The average molecular weight is 337 g/mol. The summed E-state index contributed by atoms with van der Waals surface area (Å²) in [5, 5.41) is 0. The lowest BCUT2D eigenvalue weighted by atomic mass is 10.2. The highest BCUT2D eigenvalue weighted by Gasteiger charge is 2.17. The molecule has 0 fully saturated rings. The van der Waals surface area contributed by atoms with Gasteiger partial charge in [-0.15, -0.1) is 0 Å². The van der Waals surface area contributed by atoms with E-state index in [0.717, 1.165) is 23.0 Å². The Balaban J connectivity index is 1.86. The number of likely N-dealkylation sites (N-methyl/N-ethyl adjacent to an activating group) is 1. The molecule has 0 saturated carbocycles. The lowest BCUT2D eigenvalue weighted by Crippen LogP contribution is -2.34. The summed E-state index contributed by atoms with van der Waals surface area (Å²) in [6.45, 7) is 3.28. The van der Waals surface area contributed by atoms with E-state index in [2.05, 4.69) is 0 Å². The van der Waals surface area contributed by atoms with Gasteiger partial charge in [0.15, 0.2) is 0 Å². The van der Waals surface area contributed by atoms with Gasteiger partial charge in [-0.2, -0.15) is 0 Å². The number of carbonyl (C=O) groups excluding carboxylic acids is 1. The number of fused-ring (bicyclic) bond motifs is 1. The zero-order valence-corrected chi connectivity index (χ0v) is 14.7. The summed E-state index contributed by atoms with van der Waals surface area (Å²) in [4.78, 5) is 27.0. The fourth-order valence-electron chi connectivity index (χ4n) is 3.07. The summed E-state index contributed by atoms with van der Waals surface area (Å²) in [7, 11) is 1.77. The lowest BCUT2D eigenvalue weighted by molar-refractivity contribution is -0.131. The van der Waals surface area contributed by atoms with Crippen LogP contribution in [0, 0.1) is 0 Å². The van der Waals surface area contributed by atoms with Crippen LogP contribution in [0.25, 0.3) is 11.0 Å². The molecule has 0 spiro atoms. The third-order valence-corrected chi connectivity index (χ3v) is 4.35. The van der Waals surface area contributed by atoms with Crippen molar-refractivity contribution in [3.05, 3.63) is 70.6 Å². The minimum atomic E-state index is -0.121. The third kappa shape index (κ3) is 3.50. The van der Waals surface area contributed by atoms with E-state index in [9.17, 15) is 9.59 Å². The van der Waals surface area contributed by atoms with Gasteiger partial charge in [-0.3, -0.25) is 13.9 Å². The van der Waals surface area contributed by atoms with Crippen LogP contribution in [0.2, 0.25) is 0 Å². The number of aromatic nitrogens is 2. The van der Waals surface area contributed by atoms with E-state index in [1.807, 2.05) is 61.5 Å². The van der Waals surface area contributed by atoms with Crippen LogP contribution >= 0.6 is 0 Å². The van der Waals surface area contributed by atoms with Crippen molar-refractivity contribution in [2.75, 3.05) is 7.05 Å². The van der Waals surface area contributed by atoms with E-state index in [0.29, 0.717) is 13.1 Å². The number of amides is 1. The SMILES string of the molecule is CCCn1c(=O)n(CC(=O)N(C)Cc2ccccc2)c2ccccc21. The monoisotopic (exact) mass is 337 g/mol. The quantitative estimate of drug-likeness (QED) is 0.694. The topological polar surface area (TPSA) is 47.2 Å². The molecule has 25 heavy (non-hydrogen) atoms. The second kappa shape index (κ2) is 7.38. The Morgan fingerprint density at radius 1 is 0.960 bits per heavy atom. The Morgan fingerprint density at radius 2 is 1.56 bits per heavy atom. The van der Waals surface area contributed by atoms with E-state index < -0.39 is 0 Å². The van der Waals surface area contributed by atoms with Crippen molar-refractivity contribution in [1.82, 2.24) is 14.0 Å². The van der Waals surface area contributed by atoms with E-state index in [-0.39, 0.29) is 18.1 Å². The Kier molecular flexibility index (Phi) is 5.03. The van der Waals surface area contributed by atoms with Gasteiger partial charge in [0.25, 0.3) is 0 Å². The van der Waals surface area contributed by atoms with Crippen LogP contribution in [0.15, 0.2) is 59.4 Å². The minimum Gasteiger partial charge on any atom is -0.340 e. The van der Waals surface area contributed by atoms with E-state index in [1.54, 1.807) is 21.1 Å². The van der Waals surface area contributed by atoms with Gasteiger partial charge in [-0.25, -0.2) is 4.79 Å². The lowest BCUT2D eigenvalue weighted by Gasteiger charge is -2.17. The molecule has 0 aliphatic carbocycles. The summed E-state index contributed by atoms with van der Waals surface area (Å²) in [6, 6.07) is 17.5. The molecular formula is C20H23N3O2. The summed E-state index contributed by atoms with van der Waals surface area (Å²) < 4.78 is 3.33. The van der Waals surface area contributed by atoms with Crippen molar-refractivity contribution in [3.63, 3.8) is 0 Å². The normalized spacial score (nSPS) is 11.0. The fourth-order valence-corrected chi connectivity index (χ4v) is 3.07. The minimum absolute atomic E-state index is 0.0550. The molecule has 3 aromatic rings. The number of benzene rings is 2. The number of para-hydroxylation sites is 2. The number of aryl methyl sites for hydroxylation is 1. The largest absolute Gasteiger partial charge is 0.340 e. The maximum atomic E-state index is 12.7. The molecule has 5 nitrogen and oxygen atoms in total. The number of hydrogen-bond donors (Lipinski definition) is 0. The second-order valence-corrected chi connectivity index (χ2v) is 6.24. The summed E-state index contributed by atoms with van der Waals surface area (Å²) in [5.74, 6) is -0.0784. The highest BCUT2D eigenvalue weighted by Crippen LogP contribution is 2.14. The molecule has 1 aromatic heterocycles. The van der Waals surface area contributed by atoms with Crippen LogP contribution in [0.1, 0.15) is 18.9 Å². The number of nitrogens with zero attached hydrogens (tertiary/aromatic N) is 3. The van der Waals surface area contributed by atoms with E-state index in [4.69, 9.17) is 0 Å². The molecule has 0 unspecified atom stereocenters. The van der Waals surface area contributed by atoms with E-state index >= 15 is 0 Å². The van der Waals surface area contributed by atoms with Crippen LogP contribution in [-0.4, -0.2) is 27.0 Å². The van der Waals surface area contributed by atoms with E-state index in [1.165, 1.54) is 0 Å². The zero-order chi connectivity index (χ0) is 17.8. The summed E-state index contributed by atoms with van der Waals surface area (Å²) in [6.07, 6.45) is 0.871. The number of hydrogen-bond acceptors (Lipinski definition) is 2. The van der Waals surface area contributed by atoms with Crippen LogP contribution in [-0.2, 0) is 24.4 Å². The number of imidazole rings is 1. The van der Waals surface area contributed by atoms with Gasteiger partial charge < -0.3 is 4.90 Å². The second-order valence-electron chi connectivity index (χ2n) is 6.24. The molecular weight excluding hydrogens is 314 g/mol. The maximum Gasteiger partial charge on any atom is 0.329 e. The molecule has 0 aliphatic heterocycles. The van der Waals surface area contributed by atoms with Crippen molar-refractivity contribution < 1.29 is 4.79 Å². The molecule has 3 rings (SSSR count). The first-order valence-corrected chi connectivity index (χ1v) is 8.57. The molecule has 0 saturated heterocycles. The molecule has 0 atom stereocenters. The molecule has 1 amide bonds. The van der Waals surface area contributed by atoms with Crippen molar-refractivity contribution >= 4 is 16.9 Å². The van der Waals surface area contributed by atoms with Gasteiger partial charge in [-0.1, -0.05) is 49.4 Å². The fraction of sp³-hybridized carbons (Fsp3) is 0.300. The highest BCUT2D eigenvalue weighted by molar-refractivity contribution is 5.80. The van der Waals surface area contributed by atoms with Crippen LogP contribution in [0.4, 0.5) is 0 Å². The standard InChI is InChI=1S/C20H23N3O2/c1-3-13-22-17-11-7-8-12-18(17)23(20(22)25)15-19(24)21(2)14-16-9-5-4-6-10-16/h4-12H,3,13-15H2,1-2H3. The molecule has 0 radical (unpaired) electrons. The van der Waals surface area contributed by atoms with Gasteiger partial charge in [0.1, 0.15) is 6.54 Å². The van der Waals surface area contributed by atoms with Crippen molar-refractivity contribution in [3.8, 4) is 0 Å². The molecule has 2 aromatic carbocycles. The van der Waals surface area contributed by atoms with Crippen molar-refractivity contribution in [2.45, 2.75) is 33.0 Å². The third-order valence-electron chi connectivity index (χ3n) is 4.35. The van der Waals surface area contributed by atoms with Crippen LogP contribution in [0.5, 0.6) is 0 Å². The molecule has 5 heteroatoms. The Labute approximate surface area is 147 Å². The van der Waals surface area contributed by atoms with Gasteiger partial charge in [0.05, 0.1) is 11.0 Å². The number of carbonyl (C=O) groups is 1. The molecule has 0 bridgehead atoms. The Hall–Kier alpha value is -2.82. The van der Waals surface area contributed by atoms with Gasteiger partial charge in [-0.05, 0) is 24.1 Å². The summed E-state index contributed by atoms with van der Waals surface area (Å²) in [5.41, 5.74) is 2.64. The predicted molar refractivity (Wildman–Crippen MR) is 99.4 cm³/mol. The first-order valence-electron chi connectivity index (χ1n) is 8.57. The van der Waals surface area contributed by atoms with Gasteiger partial charge >= 0.3 is 5.69 Å². The number of rotatable bonds is 6. The Bertz CT molecular complexity index is 925. The molecule has 130 valence electrons. The first kappa shape index (κ1) is 17.0.